The van der Waals surface area contributed by atoms with E-state index in [2.05, 4.69) is 10.7 Å². The lowest BCUT2D eigenvalue weighted by Gasteiger charge is -2.07. The first-order valence-electron chi connectivity index (χ1n) is 4.94. The van der Waals surface area contributed by atoms with Crippen LogP contribution in [0.2, 0.25) is 0 Å². The lowest BCUT2D eigenvalue weighted by atomic mass is 10.1. The van der Waals surface area contributed by atoms with Gasteiger partial charge in [-0.15, -0.1) is 6.42 Å². The summed E-state index contributed by atoms with van der Waals surface area (Å²) in [5.41, 5.74) is 0.547. The van der Waals surface area contributed by atoms with Crippen LogP contribution in [-0.4, -0.2) is 25.2 Å². The summed E-state index contributed by atoms with van der Waals surface area (Å²) in [6.07, 6.45) is 4.49. The molecule has 0 amide bonds. The second kappa shape index (κ2) is 5.71. The second-order valence-electron chi connectivity index (χ2n) is 3.29. The molecule has 0 aliphatic rings. The first-order valence-corrected chi connectivity index (χ1v) is 4.94. The Kier molecular flexibility index (Phi) is 4.29. The summed E-state index contributed by atoms with van der Waals surface area (Å²) in [4.78, 5) is 22.9. The molecule has 1 rings (SSSR count). The fraction of sp³-hybridized carbons (Fsp3) is 0.231. The first-order chi connectivity index (χ1) is 8.08. The van der Waals surface area contributed by atoms with Crippen LogP contribution in [0.15, 0.2) is 24.3 Å². The largest absolute Gasteiger partial charge is 0.465 e. The van der Waals surface area contributed by atoms with Crippen LogP contribution >= 0.6 is 0 Å². The van der Waals surface area contributed by atoms with Crippen molar-refractivity contribution in [3.05, 3.63) is 35.4 Å². The minimum absolute atomic E-state index is 0.259. The topological polar surface area (TPSA) is 52.6 Å². The number of terminal acetylenes is 1. The number of carbonyl (C=O) groups excluding carboxylic acids is 2. The van der Waals surface area contributed by atoms with Gasteiger partial charge in [0.2, 0.25) is 0 Å². The van der Waals surface area contributed by atoms with Gasteiger partial charge in [-0.1, -0.05) is 12.0 Å². The van der Waals surface area contributed by atoms with Crippen molar-refractivity contribution < 1.29 is 19.1 Å². The van der Waals surface area contributed by atoms with Gasteiger partial charge in [-0.3, -0.25) is 0 Å². The third kappa shape index (κ3) is 3.35. The van der Waals surface area contributed by atoms with Gasteiger partial charge in [-0.25, -0.2) is 9.59 Å². The molecule has 4 nitrogen and oxygen atoms in total. The zero-order valence-electron chi connectivity index (χ0n) is 9.60. The van der Waals surface area contributed by atoms with E-state index in [1.807, 2.05) is 0 Å². The molecule has 0 aliphatic carbocycles. The van der Waals surface area contributed by atoms with Crippen molar-refractivity contribution in [2.45, 2.75) is 13.0 Å². The van der Waals surface area contributed by atoms with Gasteiger partial charge in [0.25, 0.3) is 0 Å². The summed E-state index contributed by atoms with van der Waals surface area (Å²) in [6.45, 7) is 1.59. The summed E-state index contributed by atoms with van der Waals surface area (Å²) in [7, 11) is 1.27. The van der Waals surface area contributed by atoms with Gasteiger partial charge in [0, 0.05) is 0 Å². The van der Waals surface area contributed by atoms with E-state index < -0.39 is 18.0 Å². The van der Waals surface area contributed by atoms with Crippen LogP contribution in [0.4, 0.5) is 0 Å². The molecule has 0 radical (unpaired) electrons. The van der Waals surface area contributed by atoms with Gasteiger partial charge in [0.05, 0.1) is 18.2 Å². The van der Waals surface area contributed by atoms with E-state index >= 15 is 0 Å². The van der Waals surface area contributed by atoms with Crippen LogP contribution in [0.3, 0.4) is 0 Å². The lowest BCUT2D eigenvalue weighted by molar-refractivity contribution is 0.0439. The number of benzene rings is 1. The summed E-state index contributed by atoms with van der Waals surface area (Å²) in [5, 5.41) is 0. The van der Waals surface area contributed by atoms with Crippen molar-refractivity contribution in [3.8, 4) is 12.3 Å². The van der Waals surface area contributed by atoms with Crippen LogP contribution in [0, 0.1) is 12.3 Å². The molecular weight excluding hydrogens is 220 g/mol. The Labute approximate surface area is 99.5 Å². The quantitative estimate of drug-likeness (QED) is 0.587. The molecule has 1 aromatic carbocycles. The summed E-state index contributed by atoms with van der Waals surface area (Å²) in [5.74, 6) is 1.20. The number of esters is 2. The highest BCUT2D eigenvalue weighted by Gasteiger charge is 2.13. The van der Waals surface area contributed by atoms with Gasteiger partial charge >= 0.3 is 11.9 Å². The highest BCUT2D eigenvalue weighted by molar-refractivity contribution is 5.95. The minimum atomic E-state index is -0.607. The molecule has 0 bridgehead atoms. The number of rotatable bonds is 3. The van der Waals surface area contributed by atoms with Gasteiger partial charge in [-0.05, 0) is 25.1 Å². The average Bonchev–Trinajstić information content (AvgIpc) is 2.37. The molecule has 1 aromatic rings. The van der Waals surface area contributed by atoms with Crippen molar-refractivity contribution >= 4 is 11.9 Å². The van der Waals surface area contributed by atoms with E-state index in [1.54, 1.807) is 19.1 Å². The highest BCUT2D eigenvalue weighted by atomic mass is 16.5. The van der Waals surface area contributed by atoms with E-state index in [9.17, 15) is 9.59 Å². The zero-order chi connectivity index (χ0) is 12.8. The highest BCUT2D eigenvalue weighted by Crippen LogP contribution is 2.09. The van der Waals surface area contributed by atoms with Crippen LogP contribution in [0.1, 0.15) is 27.6 Å². The number of methoxy groups -OCH3 is 1. The molecule has 0 saturated carbocycles. The van der Waals surface area contributed by atoms with Gasteiger partial charge in [-0.2, -0.15) is 0 Å². The van der Waals surface area contributed by atoms with Crippen molar-refractivity contribution in [2.24, 2.45) is 0 Å². The Bertz CT molecular complexity index is 471. The van der Waals surface area contributed by atoms with Crippen LogP contribution in [0.25, 0.3) is 0 Å². The SMILES string of the molecule is C#C[C@H](C)OC(=O)c1cccc(C(=O)OC)c1. The Balaban J connectivity index is 2.89. The Hall–Kier alpha value is -2.28. The third-order valence-electron chi connectivity index (χ3n) is 2.04. The van der Waals surface area contributed by atoms with Gasteiger partial charge in [0.1, 0.15) is 0 Å². The molecule has 88 valence electrons. The van der Waals surface area contributed by atoms with E-state index in [1.165, 1.54) is 19.2 Å². The molecular formula is C13H12O4. The normalized spacial score (nSPS) is 11.1. The number of hydrogen-bond acceptors (Lipinski definition) is 4. The van der Waals surface area contributed by atoms with Gasteiger partial charge in [0.15, 0.2) is 6.10 Å². The Morgan fingerprint density at radius 1 is 1.29 bits per heavy atom. The molecule has 0 aromatic heterocycles. The van der Waals surface area contributed by atoms with Crippen molar-refractivity contribution in [2.75, 3.05) is 7.11 Å². The maximum absolute atomic E-state index is 11.6. The fourth-order valence-corrected chi connectivity index (χ4v) is 1.15. The smallest absolute Gasteiger partial charge is 0.339 e. The van der Waals surface area contributed by atoms with Crippen LogP contribution < -0.4 is 0 Å². The maximum Gasteiger partial charge on any atom is 0.339 e. The lowest BCUT2D eigenvalue weighted by Crippen LogP contribution is -2.13. The minimum Gasteiger partial charge on any atom is -0.465 e. The van der Waals surface area contributed by atoms with Crippen molar-refractivity contribution in [3.63, 3.8) is 0 Å². The van der Waals surface area contributed by atoms with Crippen molar-refractivity contribution in [1.82, 2.24) is 0 Å². The molecule has 0 unspecified atom stereocenters. The van der Waals surface area contributed by atoms with E-state index in [0.717, 1.165) is 0 Å². The number of ether oxygens (including phenoxy) is 2. The third-order valence-corrected chi connectivity index (χ3v) is 2.04. The summed E-state index contributed by atoms with van der Waals surface area (Å²) < 4.78 is 9.48. The predicted octanol–water partition coefficient (Wildman–Crippen LogP) is 1.65. The molecule has 0 saturated heterocycles. The Morgan fingerprint density at radius 3 is 2.41 bits per heavy atom. The average molecular weight is 232 g/mol. The van der Waals surface area contributed by atoms with E-state index in [-0.39, 0.29) is 11.1 Å². The molecule has 0 spiro atoms. The van der Waals surface area contributed by atoms with Crippen LogP contribution in [0.5, 0.6) is 0 Å². The molecule has 0 aliphatic heterocycles. The maximum atomic E-state index is 11.6. The standard InChI is InChI=1S/C13H12O4/c1-4-9(2)17-13(15)11-7-5-6-10(8-11)12(14)16-3/h1,5-9H,2-3H3/t9-/m0/s1. The molecule has 0 heterocycles. The molecule has 4 heteroatoms. The molecule has 0 N–H and O–H groups in total. The number of carbonyl (C=O) groups is 2. The zero-order valence-corrected chi connectivity index (χ0v) is 9.60. The first kappa shape index (κ1) is 12.8. The summed E-state index contributed by atoms with van der Waals surface area (Å²) in [6, 6.07) is 6.06. The Morgan fingerprint density at radius 2 is 1.88 bits per heavy atom. The summed E-state index contributed by atoms with van der Waals surface area (Å²) >= 11 is 0. The monoisotopic (exact) mass is 232 g/mol. The van der Waals surface area contributed by atoms with E-state index in [4.69, 9.17) is 11.2 Å². The van der Waals surface area contributed by atoms with Crippen LogP contribution in [-0.2, 0) is 9.47 Å². The number of hydrogen-bond donors (Lipinski definition) is 0. The van der Waals surface area contributed by atoms with Crippen molar-refractivity contribution in [1.29, 1.82) is 0 Å². The fourth-order valence-electron chi connectivity index (χ4n) is 1.15. The van der Waals surface area contributed by atoms with Gasteiger partial charge < -0.3 is 9.47 Å². The second-order valence-corrected chi connectivity index (χ2v) is 3.29. The van der Waals surface area contributed by atoms with E-state index in [0.29, 0.717) is 0 Å². The molecule has 0 fully saturated rings. The molecule has 17 heavy (non-hydrogen) atoms. The predicted molar refractivity (Wildman–Crippen MR) is 61.5 cm³/mol. The molecule has 1 atom stereocenters.